The Morgan fingerprint density at radius 3 is 2.16 bits per heavy atom. The number of rotatable bonds is 4. The van der Waals surface area contributed by atoms with Crippen LogP contribution in [0.2, 0.25) is 0 Å². The lowest BCUT2D eigenvalue weighted by Crippen LogP contribution is -2.65. The van der Waals surface area contributed by atoms with E-state index in [4.69, 9.17) is 4.74 Å². The van der Waals surface area contributed by atoms with Gasteiger partial charge < -0.3 is 30.3 Å². The number of fused-ring (bicyclic) bond motifs is 7. The number of ether oxygens (including phenoxy) is 1. The zero-order valence-electron chi connectivity index (χ0n) is 28.3. The number of hydrogen-bond acceptors (Lipinski definition) is 6. The Morgan fingerprint density at radius 2 is 1.50 bits per heavy atom. The minimum atomic E-state index is -1.33. The molecular weight excluding hydrogens is 556 g/mol. The molecule has 0 aromatic heterocycles. The maximum Gasteiger partial charge on any atom is 0.310 e. The molecule has 5 fully saturated rings. The largest absolute Gasteiger partial charge is 0.481 e. The average molecular weight is 617 g/mol. The van der Waals surface area contributed by atoms with Gasteiger partial charge in [-0.1, -0.05) is 60.1 Å². The van der Waals surface area contributed by atoms with Crippen molar-refractivity contribution in [1.29, 1.82) is 0 Å². The number of hydrogen-bond donors (Lipinski definition) is 5. The molecule has 0 bridgehead atoms. The smallest absolute Gasteiger partial charge is 0.310 e. The van der Waals surface area contributed by atoms with E-state index in [-0.39, 0.29) is 38.9 Å². The van der Waals surface area contributed by atoms with Crippen molar-refractivity contribution in [3.63, 3.8) is 0 Å². The predicted molar refractivity (Wildman–Crippen MR) is 169 cm³/mol. The summed E-state index contributed by atoms with van der Waals surface area (Å²) in [6, 6.07) is 0. The van der Waals surface area contributed by atoms with Gasteiger partial charge in [0.25, 0.3) is 0 Å². The van der Waals surface area contributed by atoms with Crippen LogP contribution in [0.15, 0.2) is 11.6 Å². The number of carbonyl (C=O) groups is 1. The third-order valence-corrected chi connectivity index (χ3v) is 15.8. The van der Waals surface area contributed by atoms with E-state index >= 15 is 0 Å². The Balaban J connectivity index is 1.29. The third kappa shape index (κ3) is 4.41. The number of aliphatic carboxylic acids is 1. The highest BCUT2D eigenvalue weighted by Crippen LogP contribution is 2.76. The highest BCUT2D eigenvalue weighted by molar-refractivity contribution is 5.76. The van der Waals surface area contributed by atoms with Gasteiger partial charge in [0, 0.05) is 0 Å². The van der Waals surface area contributed by atoms with Gasteiger partial charge in [-0.3, -0.25) is 4.79 Å². The highest BCUT2D eigenvalue weighted by atomic mass is 16.5. The van der Waals surface area contributed by atoms with Crippen LogP contribution < -0.4 is 0 Å². The van der Waals surface area contributed by atoms with Crippen molar-refractivity contribution in [3.05, 3.63) is 11.6 Å². The van der Waals surface area contributed by atoms with E-state index in [0.717, 1.165) is 64.2 Å². The predicted octanol–water partition coefficient (Wildman–Crippen LogP) is 5.72. The van der Waals surface area contributed by atoms with Gasteiger partial charge in [0.2, 0.25) is 0 Å². The minimum Gasteiger partial charge on any atom is -0.481 e. The molecule has 250 valence electrons. The van der Waals surface area contributed by atoms with E-state index in [1.54, 1.807) is 0 Å². The van der Waals surface area contributed by atoms with E-state index in [1.165, 1.54) is 5.57 Å². The van der Waals surface area contributed by atoms with Crippen molar-refractivity contribution < 1.29 is 35.1 Å². The zero-order chi connectivity index (χ0) is 32.3. The van der Waals surface area contributed by atoms with Crippen LogP contribution in [0.3, 0.4) is 0 Å². The molecule has 5 N–H and O–H groups in total. The molecule has 7 heteroatoms. The van der Waals surface area contributed by atoms with Crippen molar-refractivity contribution in [2.24, 2.45) is 56.2 Å². The van der Waals surface area contributed by atoms with Gasteiger partial charge in [-0.15, -0.1) is 0 Å². The highest BCUT2D eigenvalue weighted by Gasteiger charge is 2.69. The molecule has 6 aliphatic rings. The summed E-state index contributed by atoms with van der Waals surface area (Å²) >= 11 is 0. The van der Waals surface area contributed by atoms with Crippen LogP contribution in [0.5, 0.6) is 0 Å². The number of carboxylic acids is 1. The second-order valence-corrected chi connectivity index (χ2v) is 18.3. The van der Waals surface area contributed by atoms with Gasteiger partial charge in [-0.2, -0.15) is 0 Å². The molecule has 7 nitrogen and oxygen atoms in total. The first-order valence-electron chi connectivity index (χ1n) is 17.6. The summed E-state index contributed by atoms with van der Waals surface area (Å²) in [5.74, 6) is 0.835. The Morgan fingerprint density at radius 1 is 0.841 bits per heavy atom. The topological polar surface area (TPSA) is 127 Å². The molecular formula is C37H60O7. The first-order chi connectivity index (χ1) is 20.4. The summed E-state index contributed by atoms with van der Waals surface area (Å²) in [5.41, 5.74) is 1.24. The monoisotopic (exact) mass is 616 g/mol. The number of aliphatic hydroxyl groups is 4. The molecule has 0 radical (unpaired) electrons. The van der Waals surface area contributed by atoms with E-state index in [9.17, 15) is 30.3 Å². The lowest BCUT2D eigenvalue weighted by atomic mass is 9.33. The summed E-state index contributed by atoms with van der Waals surface area (Å²) in [4.78, 5) is 12.9. The summed E-state index contributed by atoms with van der Waals surface area (Å²) < 4.78 is 5.99. The van der Waals surface area contributed by atoms with Crippen LogP contribution in [0, 0.1) is 56.2 Å². The number of carboxylic acid groups (broad SMARTS) is 1. The van der Waals surface area contributed by atoms with Crippen molar-refractivity contribution >= 4 is 5.97 Å². The normalized spacial score (nSPS) is 52.9. The standard InChI is InChI=1S/C37H60O7/c1-32(2)14-16-37(31(42)43)17-15-35(6)22(23(37)19-32)8-9-27-34(5)12-10-21(33(3,4)26(34)11-13-36(27,35)7)18-24-28(39)30(41)29(40)25(20-38)44-24/h8,21,23-30,38-41H,9-20H2,1-7H3,(H,42,43)/t21-,23?,24+,25?,26?,27?,28?,29-,30-,34+,35-,36-,37+/m1/s1. The van der Waals surface area contributed by atoms with Gasteiger partial charge in [-0.25, -0.2) is 0 Å². The molecule has 0 aromatic carbocycles. The van der Waals surface area contributed by atoms with Crippen molar-refractivity contribution in [1.82, 2.24) is 0 Å². The van der Waals surface area contributed by atoms with Gasteiger partial charge in [0.1, 0.15) is 24.4 Å². The third-order valence-electron chi connectivity index (χ3n) is 15.8. The van der Waals surface area contributed by atoms with E-state index in [1.807, 2.05) is 0 Å². The van der Waals surface area contributed by atoms with Crippen LogP contribution in [0.4, 0.5) is 0 Å². The van der Waals surface area contributed by atoms with E-state index in [0.29, 0.717) is 18.3 Å². The molecule has 5 unspecified atom stereocenters. The molecule has 0 aromatic rings. The van der Waals surface area contributed by atoms with Crippen molar-refractivity contribution in [2.75, 3.05) is 6.61 Å². The molecule has 1 saturated heterocycles. The Bertz CT molecular complexity index is 1180. The quantitative estimate of drug-likeness (QED) is 0.256. The fraction of sp³-hybridized carbons (Fsp3) is 0.919. The van der Waals surface area contributed by atoms with Gasteiger partial charge in [0.15, 0.2) is 0 Å². The molecule has 4 saturated carbocycles. The molecule has 5 aliphatic carbocycles. The summed E-state index contributed by atoms with van der Waals surface area (Å²) in [7, 11) is 0. The SMILES string of the molecule is CC1(C)CC[C@]2(C(=O)O)CC[C@]3(C)C(=CCC4[C@@]5(C)CC[C@H](C[C@@H]6OC(CO)[C@@H](O)[C@H](O)C6O)C(C)(C)C5CC[C@]43C)C2C1. The van der Waals surface area contributed by atoms with Crippen LogP contribution in [-0.4, -0.2) is 68.6 Å². The molecule has 0 amide bonds. The Labute approximate surface area is 264 Å². The van der Waals surface area contributed by atoms with Crippen LogP contribution in [0.1, 0.15) is 119 Å². The second kappa shape index (κ2) is 10.5. The van der Waals surface area contributed by atoms with Gasteiger partial charge >= 0.3 is 5.97 Å². The molecule has 13 atom stereocenters. The minimum absolute atomic E-state index is 0.00173. The van der Waals surface area contributed by atoms with Crippen molar-refractivity contribution in [2.45, 2.75) is 150 Å². The fourth-order valence-corrected chi connectivity index (χ4v) is 12.8. The lowest BCUT2D eigenvalue weighted by Gasteiger charge is -2.71. The maximum atomic E-state index is 12.9. The number of aliphatic hydroxyl groups excluding tert-OH is 4. The second-order valence-electron chi connectivity index (χ2n) is 18.3. The summed E-state index contributed by atoms with van der Waals surface area (Å²) in [6.45, 7) is 16.6. The van der Waals surface area contributed by atoms with Crippen LogP contribution >= 0.6 is 0 Å². The molecule has 44 heavy (non-hydrogen) atoms. The van der Waals surface area contributed by atoms with Crippen molar-refractivity contribution in [3.8, 4) is 0 Å². The molecule has 6 rings (SSSR count). The fourth-order valence-electron chi connectivity index (χ4n) is 12.8. The van der Waals surface area contributed by atoms with E-state index in [2.05, 4.69) is 54.5 Å². The molecule has 1 aliphatic heterocycles. The first-order valence-corrected chi connectivity index (χ1v) is 17.6. The zero-order valence-corrected chi connectivity index (χ0v) is 28.3. The van der Waals surface area contributed by atoms with E-state index < -0.39 is 48.5 Å². The summed E-state index contributed by atoms with van der Waals surface area (Å²) in [5, 5.41) is 52.0. The van der Waals surface area contributed by atoms with Crippen LogP contribution in [0.25, 0.3) is 0 Å². The first kappa shape index (κ1) is 32.9. The average Bonchev–Trinajstić information content (AvgIpc) is 2.94. The molecule has 1 heterocycles. The summed E-state index contributed by atoms with van der Waals surface area (Å²) in [6.07, 6.45) is 7.70. The van der Waals surface area contributed by atoms with Gasteiger partial charge in [0.05, 0.1) is 18.1 Å². The molecule has 0 spiro atoms. The van der Waals surface area contributed by atoms with Gasteiger partial charge in [-0.05, 0) is 121 Å². The lowest BCUT2D eigenvalue weighted by molar-refractivity contribution is -0.241. The Kier molecular flexibility index (Phi) is 7.86. The Hall–Kier alpha value is -0.990. The number of allylic oxidation sites excluding steroid dienone is 2. The van der Waals surface area contributed by atoms with Crippen LogP contribution in [-0.2, 0) is 9.53 Å². The maximum absolute atomic E-state index is 12.9.